The van der Waals surface area contributed by atoms with Crippen molar-refractivity contribution < 1.29 is 22.8 Å². The highest BCUT2D eigenvalue weighted by Crippen LogP contribution is 2.38. The number of hydrogen-bond acceptors (Lipinski definition) is 5. The molecule has 184 valence electrons. The number of rotatable bonds is 6. The van der Waals surface area contributed by atoms with Crippen molar-refractivity contribution in [3.05, 3.63) is 70.8 Å². The van der Waals surface area contributed by atoms with Crippen molar-refractivity contribution >= 4 is 27.7 Å². The molecule has 1 N–H and O–H groups in total. The quantitative estimate of drug-likeness (QED) is 0.620. The van der Waals surface area contributed by atoms with E-state index in [0.717, 1.165) is 28.9 Å². The van der Waals surface area contributed by atoms with Gasteiger partial charge in [-0.05, 0) is 55.4 Å². The van der Waals surface area contributed by atoms with Gasteiger partial charge in [0.15, 0.2) is 15.4 Å². The van der Waals surface area contributed by atoms with Gasteiger partial charge >= 0.3 is 6.03 Å². The SMILES string of the molecule is Cc1ccc([C@]2(c3ccccc3)NC(=O)N(CC(=O)N(C3CC3)[C@H]3CCS(=O)(=O)C3)C2=O)cc1C. The number of carbonyl (C=O) groups excluding carboxylic acids is 3. The highest BCUT2D eigenvalue weighted by atomic mass is 32.2. The molecule has 2 aliphatic heterocycles. The first-order valence-electron chi connectivity index (χ1n) is 11.9. The van der Waals surface area contributed by atoms with Crippen LogP contribution in [0.5, 0.6) is 0 Å². The average molecular weight is 496 g/mol. The Labute approximate surface area is 205 Å². The number of benzene rings is 2. The molecule has 4 amide bonds. The topological polar surface area (TPSA) is 104 Å². The summed E-state index contributed by atoms with van der Waals surface area (Å²) in [6.07, 6.45) is 2.00. The van der Waals surface area contributed by atoms with Crippen LogP contribution in [0.4, 0.5) is 4.79 Å². The Morgan fingerprint density at radius 1 is 1.00 bits per heavy atom. The lowest BCUT2D eigenvalue weighted by Gasteiger charge is -2.30. The van der Waals surface area contributed by atoms with Crippen LogP contribution in [0.15, 0.2) is 48.5 Å². The Kier molecular flexibility index (Phi) is 5.70. The Bertz CT molecular complexity index is 1310. The van der Waals surface area contributed by atoms with Gasteiger partial charge < -0.3 is 10.2 Å². The third-order valence-corrected chi connectivity index (χ3v) is 9.13. The number of amides is 4. The minimum absolute atomic E-state index is 0.0276. The van der Waals surface area contributed by atoms with Crippen LogP contribution in [0.25, 0.3) is 0 Å². The van der Waals surface area contributed by atoms with E-state index in [2.05, 4.69) is 5.32 Å². The maximum absolute atomic E-state index is 14.0. The summed E-state index contributed by atoms with van der Waals surface area (Å²) >= 11 is 0. The fraction of sp³-hybridized carbons (Fsp3) is 0.423. The van der Waals surface area contributed by atoms with E-state index in [9.17, 15) is 22.8 Å². The highest BCUT2D eigenvalue weighted by molar-refractivity contribution is 7.91. The van der Waals surface area contributed by atoms with Crippen molar-refractivity contribution in [1.29, 1.82) is 0 Å². The molecule has 0 spiro atoms. The van der Waals surface area contributed by atoms with E-state index in [1.54, 1.807) is 29.2 Å². The molecule has 1 aliphatic carbocycles. The van der Waals surface area contributed by atoms with Gasteiger partial charge in [0.1, 0.15) is 6.54 Å². The van der Waals surface area contributed by atoms with Crippen molar-refractivity contribution in [3.8, 4) is 0 Å². The molecule has 2 aromatic carbocycles. The molecule has 0 aromatic heterocycles. The van der Waals surface area contributed by atoms with Gasteiger partial charge in [0.2, 0.25) is 5.91 Å². The van der Waals surface area contributed by atoms with Crippen molar-refractivity contribution in [2.75, 3.05) is 18.1 Å². The van der Waals surface area contributed by atoms with Crippen molar-refractivity contribution in [2.24, 2.45) is 0 Å². The maximum Gasteiger partial charge on any atom is 0.326 e. The lowest BCUT2D eigenvalue weighted by Crippen LogP contribution is -2.49. The van der Waals surface area contributed by atoms with Crippen LogP contribution in [0.3, 0.4) is 0 Å². The van der Waals surface area contributed by atoms with Crippen LogP contribution in [0.2, 0.25) is 0 Å². The number of urea groups is 1. The summed E-state index contributed by atoms with van der Waals surface area (Å²) in [6.45, 7) is 3.50. The summed E-state index contributed by atoms with van der Waals surface area (Å²) in [7, 11) is -3.18. The predicted molar refractivity (Wildman–Crippen MR) is 130 cm³/mol. The van der Waals surface area contributed by atoms with E-state index in [4.69, 9.17) is 0 Å². The molecule has 35 heavy (non-hydrogen) atoms. The van der Waals surface area contributed by atoms with E-state index in [0.29, 0.717) is 17.5 Å². The number of hydrogen-bond donors (Lipinski definition) is 1. The molecule has 1 saturated carbocycles. The van der Waals surface area contributed by atoms with E-state index in [1.165, 1.54) is 0 Å². The van der Waals surface area contributed by atoms with Crippen LogP contribution < -0.4 is 5.32 Å². The predicted octanol–water partition coefficient (Wildman–Crippen LogP) is 2.28. The van der Waals surface area contributed by atoms with Crippen LogP contribution in [-0.4, -0.2) is 66.2 Å². The van der Waals surface area contributed by atoms with Gasteiger partial charge in [-0.3, -0.25) is 14.5 Å². The number of nitrogens with zero attached hydrogens (tertiary/aromatic N) is 2. The van der Waals surface area contributed by atoms with E-state index in [-0.39, 0.29) is 23.5 Å². The largest absolute Gasteiger partial charge is 0.334 e. The molecule has 2 aromatic rings. The molecule has 0 bridgehead atoms. The Morgan fingerprint density at radius 2 is 1.71 bits per heavy atom. The van der Waals surface area contributed by atoms with Crippen LogP contribution in [0.1, 0.15) is 41.5 Å². The van der Waals surface area contributed by atoms with Crippen LogP contribution >= 0.6 is 0 Å². The monoisotopic (exact) mass is 495 g/mol. The third kappa shape index (κ3) is 4.11. The first kappa shape index (κ1) is 23.5. The van der Waals surface area contributed by atoms with Gasteiger partial charge in [-0.15, -0.1) is 0 Å². The number of carbonyl (C=O) groups is 3. The van der Waals surface area contributed by atoms with E-state index >= 15 is 0 Å². The fourth-order valence-corrected chi connectivity index (χ4v) is 6.92. The summed E-state index contributed by atoms with van der Waals surface area (Å²) in [4.78, 5) is 43.2. The minimum atomic E-state index is -3.18. The zero-order valence-corrected chi connectivity index (χ0v) is 20.7. The highest BCUT2D eigenvalue weighted by Gasteiger charge is 2.55. The lowest BCUT2D eigenvalue weighted by molar-refractivity contribution is -0.140. The molecular weight excluding hydrogens is 466 g/mol. The molecule has 0 radical (unpaired) electrons. The second-order valence-electron chi connectivity index (χ2n) is 9.83. The molecule has 3 aliphatic rings. The maximum atomic E-state index is 14.0. The summed E-state index contributed by atoms with van der Waals surface area (Å²) in [5.41, 5.74) is 1.83. The first-order valence-corrected chi connectivity index (χ1v) is 13.7. The molecule has 0 unspecified atom stereocenters. The summed E-state index contributed by atoms with van der Waals surface area (Å²) in [5.74, 6) is -0.908. The minimum Gasteiger partial charge on any atom is -0.334 e. The van der Waals surface area contributed by atoms with Crippen LogP contribution in [0, 0.1) is 13.8 Å². The third-order valence-electron chi connectivity index (χ3n) is 7.38. The van der Waals surface area contributed by atoms with Crippen molar-refractivity contribution in [1.82, 2.24) is 15.1 Å². The molecular formula is C26H29N3O5S. The Balaban J connectivity index is 1.48. The second-order valence-corrected chi connectivity index (χ2v) is 12.1. The molecule has 3 fully saturated rings. The normalized spacial score (nSPS) is 25.5. The number of nitrogens with one attached hydrogen (secondary N) is 1. The van der Waals surface area contributed by atoms with Gasteiger partial charge in [-0.25, -0.2) is 13.2 Å². The van der Waals surface area contributed by atoms with Gasteiger partial charge in [0, 0.05) is 12.1 Å². The number of sulfone groups is 1. The molecule has 9 heteroatoms. The van der Waals surface area contributed by atoms with Crippen molar-refractivity contribution in [2.45, 2.75) is 50.7 Å². The zero-order valence-electron chi connectivity index (χ0n) is 19.9. The smallest absolute Gasteiger partial charge is 0.326 e. The van der Waals surface area contributed by atoms with Crippen LogP contribution in [-0.2, 0) is 25.0 Å². The summed E-state index contributed by atoms with van der Waals surface area (Å²) in [6, 6.07) is 13.6. The fourth-order valence-electron chi connectivity index (χ4n) is 5.21. The molecule has 2 saturated heterocycles. The second kappa shape index (κ2) is 8.48. The summed E-state index contributed by atoms with van der Waals surface area (Å²) < 4.78 is 24.1. The van der Waals surface area contributed by atoms with Gasteiger partial charge in [0.05, 0.1) is 11.5 Å². The standard InChI is InChI=1S/C26H29N3O5S/c1-17-8-9-20(14-18(17)2)26(19-6-4-3-5-7-19)24(31)28(25(32)27-26)15-23(30)29(21-10-11-21)22-12-13-35(33,34)16-22/h3-9,14,21-22H,10-13,15-16H2,1-2H3,(H,27,32)/t22-,26-/m0/s1. The van der Waals surface area contributed by atoms with E-state index < -0.39 is 39.9 Å². The lowest BCUT2D eigenvalue weighted by atomic mass is 9.81. The molecule has 2 atom stereocenters. The van der Waals surface area contributed by atoms with Crippen molar-refractivity contribution in [3.63, 3.8) is 0 Å². The molecule has 8 nitrogen and oxygen atoms in total. The number of aryl methyl sites for hydroxylation is 2. The first-order chi connectivity index (χ1) is 16.6. The number of imide groups is 1. The van der Waals surface area contributed by atoms with Gasteiger partial charge in [-0.2, -0.15) is 0 Å². The Hall–Kier alpha value is -3.20. The Morgan fingerprint density at radius 3 is 2.31 bits per heavy atom. The zero-order chi connectivity index (χ0) is 25.0. The van der Waals surface area contributed by atoms with Gasteiger partial charge in [-0.1, -0.05) is 48.5 Å². The molecule has 5 rings (SSSR count). The van der Waals surface area contributed by atoms with Gasteiger partial charge in [0.25, 0.3) is 5.91 Å². The molecule has 2 heterocycles. The van der Waals surface area contributed by atoms with E-state index in [1.807, 2.05) is 38.1 Å². The average Bonchev–Trinajstić information content (AvgIpc) is 3.54. The summed E-state index contributed by atoms with van der Waals surface area (Å²) in [5, 5.41) is 2.89.